The lowest BCUT2D eigenvalue weighted by Gasteiger charge is -2.27. The Morgan fingerprint density at radius 2 is 2.12 bits per heavy atom. The highest BCUT2D eigenvalue weighted by molar-refractivity contribution is 5.96. The summed E-state index contributed by atoms with van der Waals surface area (Å²) in [6.07, 6.45) is 6.24. The number of nitrogens with zero attached hydrogens (tertiary/aromatic N) is 7. The molecule has 0 spiro atoms. The first kappa shape index (κ1) is 21.1. The number of carbonyl (C=O) groups is 1. The summed E-state index contributed by atoms with van der Waals surface area (Å²) in [5, 5.41) is 5.23. The molecule has 9 heteroatoms. The molecule has 9 nitrogen and oxygen atoms in total. The fraction of sp³-hybridized carbons (Fsp3) is 0.375. The maximum Gasteiger partial charge on any atom is 0.272 e. The lowest BCUT2D eigenvalue weighted by Crippen LogP contribution is -2.35. The molecule has 170 valence electrons. The van der Waals surface area contributed by atoms with Crippen molar-refractivity contribution < 1.29 is 9.53 Å². The molecule has 1 atom stereocenters. The molecule has 0 radical (unpaired) electrons. The van der Waals surface area contributed by atoms with Crippen molar-refractivity contribution in [3.8, 4) is 5.75 Å². The van der Waals surface area contributed by atoms with Crippen LogP contribution in [0, 0.1) is 0 Å². The normalized spacial score (nSPS) is 15.9. The van der Waals surface area contributed by atoms with Crippen LogP contribution < -0.4 is 9.64 Å². The standard InChI is InChI=1S/C24H27N7O2/c1-3-12-29(2)23(32)20-14-21(18-8-4-5-9-19(18)28-20)33-15-17-7-6-13-30(17)22-10-11-25-24-26-16-27-31(22)24/h4-5,8-11,14,16-17H,3,6-7,12-13,15H2,1-2H3/t17-/m1/s1. The summed E-state index contributed by atoms with van der Waals surface area (Å²) in [5.41, 5.74) is 1.16. The largest absolute Gasteiger partial charge is 0.491 e. The van der Waals surface area contributed by atoms with Gasteiger partial charge in [0.2, 0.25) is 0 Å². The number of para-hydroxylation sites is 1. The maximum atomic E-state index is 12.9. The minimum absolute atomic E-state index is 0.0969. The number of carbonyl (C=O) groups excluding carboxylic acids is 1. The SMILES string of the molecule is CCCN(C)C(=O)c1cc(OC[C@H]2CCCN2c2ccnc3ncnn23)c2ccccc2n1. The molecule has 4 heterocycles. The number of amides is 1. The molecular formula is C24H27N7O2. The number of pyridine rings is 1. The van der Waals surface area contributed by atoms with Gasteiger partial charge in [0.1, 0.15) is 30.2 Å². The van der Waals surface area contributed by atoms with Gasteiger partial charge in [-0.3, -0.25) is 4.79 Å². The number of benzene rings is 1. The third kappa shape index (κ3) is 4.06. The summed E-state index contributed by atoms with van der Waals surface area (Å²) in [6, 6.07) is 11.7. The molecule has 0 unspecified atom stereocenters. The van der Waals surface area contributed by atoms with E-state index >= 15 is 0 Å². The van der Waals surface area contributed by atoms with E-state index in [1.165, 1.54) is 6.33 Å². The molecule has 33 heavy (non-hydrogen) atoms. The van der Waals surface area contributed by atoms with Crippen molar-refractivity contribution in [3.63, 3.8) is 0 Å². The molecule has 1 aromatic carbocycles. The fourth-order valence-corrected chi connectivity index (χ4v) is 4.45. The summed E-state index contributed by atoms with van der Waals surface area (Å²) < 4.78 is 8.13. The van der Waals surface area contributed by atoms with Crippen molar-refractivity contribution in [2.24, 2.45) is 0 Å². The first-order chi connectivity index (χ1) is 16.2. The van der Waals surface area contributed by atoms with Gasteiger partial charge in [-0.15, -0.1) is 0 Å². The quantitative estimate of drug-likeness (QED) is 0.432. The number of fused-ring (bicyclic) bond motifs is 2. The Balaban J connectivity index is 1.42. The van der Waals surface area contributed by atoms with E-state index in [0.717, 1.165) is 42.5 Å². The monoisotopic (exact) mass is 445 g/mol. The molecule has 1 fully saturated rings. The number of hydrogen-bond donors (Lipinski definition) is 0. The van der Waals surface area contributed by atoms with Gasteiger partial charge in [0, 0.05) is 37.8 Å². The van der Waals surface area contributed by atoms with Crippen molar-refractivity contribution in [3.05, 3.63) is 54.6 Å². The van der Waals surface area contributed by atoms with Gasteiger partial charge >= 0.3 is 0 Å². The fourth-order valence-electron chi connectivity index (χ4n) is 4.45. The van der Waals surface area contributed by atoms with Crippen LogP contribution in [0.3, 0.4) is 0 Å². The van der Waals surface area contributed by atoms with Crippen LogP contribution in [0.5, 0.6) is 5.75 Å². The Morgan fingerprint density at radius 3 is 3.00 bits per heavy atom. The Bertz CT molecular complexity index is 1290. The molecule has 0 saturated carbocycles. The van der Waals surface area contributed by atoms with Crippen LogP contribution in [0.15, 0.2) is 48.9 Å². The van der Waals surface area contributed by atoms with Gasteiger partial charge in [-0.2, -0.15) is 14.6 Å². The molecule has 1 saturated heterocycles. The second-order valence-corrected chi connectivity index (χ2v) is 8.32. The van der Waals surface area contributed by atoms with Gasteiger partial charge in [-0.25, -0.2) is 9.97 Å². The summed E-state index contributed by atoms with van der Waals surface area (Å²) in [6.45, 7) is 4.14. The average Bonchev–Trinajstić information content (AvgIpc) is 3.51. The second kappa shape index (κ2) is 9.01. The molecule has 0 aliphatic carbocycles. The van der Waals surface area contributed by atoms with Crippen LogP contribution in [0.4, 0.5) is 5.82 Å². The van der Waals surface area contributed by atoms with Crippen LogP contribution in [0.2, 0.25) is 0 Å². The van der Waals surface area contributed by atoms with E-state index in [9.17, 15) is 4.79 Å². The van der Waals surface area contributed by atoms with Crippen LogP contribution in [-0.4, -0.2) is 68.2 Å². The van der Waals surface area contributed by atoms with Crippen molar-refractivity contribution in [2.75, 3.05) is 31.6 Å². The smallest absolute Gasteiger partial charge is 0.272 e. The lowest BCUT2D eigenvalue weighted by atomic mass is 10.1. The highest BCUT2D eigenvalue weighted by Gasteiger charge is 2.28. The number of ether oxygens (including phenoxy) is 1. The summed E-state index contributed by atoms with van der Waals surface area (Å²) >= 11 is 0. The zero-order valence-electron chi connectivity index (χ0n) is 18.9. The number of anilines is 1. The van der Waals surface area contributed by atoms with Gasteiger partial charge < -0.3 is 14.5 Å². The summed E-state index contributed by atoms with van der Waals surface area (Å²) in [7, 11) is 1.80. The van der Waals surface area contributed by atoms with E-state index in [1.54, 1.807) is 28.7 Å². The molecule has 0 N–H and O–H groups in total. The minimum Gasteiger partial charge on any atom is -0.491 e. The van der Waals surface area contributed by atoms with Crippen molar-refractivity contribution in [1.82, 2.24) is 29.5 Å². The van der Waals surface area contributed by atoms with Gasteiger partial charge in [0.15, 0.2) is 0 Å². The van der Waals surface area contributed by atoms with Crippen molar-refractivity contribution in [2.45, 2.75) is 32.2 Å². The van der Waals surface area contributed by atoms with E-state index in [4.69, 9.17) is 4.74 Å². The predicted molar refractivity (Wildman–Crippen MR) is 126 cm³/mol. The lowest BCUT2D eigenvalue weighted by molar-refractivity contribution is 0.0789. The number of rotatable bonds is 7. The number of hydrogen-bond acceptors (Lipinski definition) is 7. The molecule has 0 bridgehead atoms. The molecule has 3 aromatic heterocycles. The van der Waals surface area contributed by atoms with Gasteiger partial charge in [0.25, 0.3) is 11.7 Å². The zero-order chi connectivity index (χ0) is 22.8. The molecule has 1 aliphatic heterocycles. The van der Waals surface area contributed by atoms with Crippen molar-refractivity contribution in [1.29, 1.82) is 0 Å². The van der Waals surface area contributed by atoms with E-state index in [1.807, 2.05) is 30.3 Å². The van der Waals surface area contributed by atoms with Crippen LogP contribution >= 0.6 is 0 Å². The van der Waals surface area contributed by atoms with Gasteiger partial charge in [-0.05, 0) is 37.5 Å². The van der Waals surface area contributed by atoms with Crippen LogP contribution in [0.1, 0.15) is 36.7 Å². The van der Waals surface area contributed by atoms with Gasteiger partial charge in [0.05, 0.1) is 11.6 Å². The minimum atomic E-state index is -0.0969. The Kier molecular flexibility index (Phi) is 5.77. The van der Waals surface area contributed by atoms with E-state index < -0.39 is 0 Å². The molecule has 1 aliphatic rings. The Morgan fingerprint density at radius 1 is 1.24 bits per heavy atom. The van der Waals surface area contributed by atoms with E-state index in [0.29, 0.717) is 30.4 Å². The van der Waals surface area contributed by atoms with Gasteiger partial charge in [-0.1, -0.05) is 19.1 Å². The van der Waals surface area contributed by atoms with Crippen LogP contribution in [0.25, 0.3) is 16.7 Å². The number of aromatic nitrogens is 5. The topological polar surface area (TPSA) is 88.8 Å². The summed E-state index contributed by atoms with van der Waals surface area (Å²) in [4.78, 5) is 30.0. The average molecular weight is 446 g/mol. The second-order valence-electron chi connectivity index (χ2n) is 8.32. The van der Waals surface area contributed by atoms with E-state index in [-0.39, 0.29) is 11.9 Å². The highest BCUT2D eigenvalue weighted by atomic mass is 16.5. The first-order valence-corrected chi connectivity index (χ1v) is 11.3. The Hall–Kier alpha value is -3.75. The maximum absolute atomic E-state index is 12.9. The third-order valence-electron chi connectivity index (χ3n) is 6.07. The molecule has 4 aromatic rings. The van der Waals surface area contributed by atoms with Crippen LogP contribution in [-0.2, 0) is 0 Å². The summed E-state index contributed by atoms with van der Waals surface area (Å²) in [5.74, 6) is 2.13. The first-order valence-electron chi connectivity index (χ1n) is 11.3. The predicted octanol–water partition coefficient (Wildman–Crippen LogP) is 3.20. The molecule has 5 rings (SSSR count). The van der Waals surface area contributed by atoms with Crippen molar-refractivity contribution >= 4 is 28.4 Å². The highest BCUT2D eigenvalue weighted by Crippen LogP contribution is 2.29. The molecule has 1 amide bonds. The van der Waals surface area contributed by atoms with E-state index in [2.05, 4.69) is 31.9 Å². The zero-order valence-corrected chi connectivity index (χ0v) is 18.9. The Labute approximate surface area is 192 Å². The molecular weight excluding hydrogens is 418 g/mol. The third-order valence-corrected chi connectivity index (χ3v) is 6.07.